The fourth-order valence-electron chi connectivity index (χ4n) is 2.58. The first-order valence-corrected chi connectivity index (χ1v) is 6.76. The zero-order valence-corrected chi connectivity index (χ0v) is 12.0. The lowest BCUT2D eigenvalue weighted by Gasteiger charge is -2.20. The Morgan fingerprint density at radius 1 is 1.36 bits per heavy atom. The number of benzene rings is 1. The largest absolute Gasteiger partial charge is 0.504 e. The predicted octanol–water partition coefficient (Wildman–Crippen LogP) is 2.25. The molecule has 1 atom stereocenters. The van der Waals surface area contributed by atoms with Crippen LogP contribution in [0.1, 0.15) is 11.1 Å². The molecule has 5 heteroatoms. The quantitative estimate of drug-likeness (QED) is 0.876. The summed E-state index contributed by atoms with van der Waals surface area (Å²) >= 11 is 0. The molecule has 5 nitrogen and oxygen atoms in total. The van der Waals surface area contributed by atoms with Gasteiger partial charge in [0.15, 0.2) is 17.3 Å². The first kappa shape index (κ1) is 14.4. The summed E-state index contributed by atoms with van der Waals surface area (Å²) in [6.07, 6.45) is 3.14. The van der Waals surface area contributed by atoms with Crippen molar-refractivity contribution in [3.63, 3.8) is 0 Å². The van der Waals surface area contributed by atoms with Crippen molar-refractivity contribution in [3.05, 3.63) is 59.7 Å². The van der Waals surface area contributed by atoms with Gasteiger partial charge in [-0.1, -0.05) is 12.2 Å². The van der Waals surface area contributed by atoms with Crippen LogP contribution in [-0.2, 0) is 4.79 Å². The molecule has 1 aliphatic carbocycles. The average Bonchev–Trinajstić information content (AvgIpc) is 2.97. The molecule has 1 heterocycles. The molecule has 1 unspecified atom stereocenters. The van der Waals surface area contributed by atoms with Crippen LogP contribution in [0.5, 0.6) is 11.5 Å². The van der Waals surface area contributed by atoms with Gasteiger partial charge in [-0.3, -0.25) is 4.79 Å². The van der Waals surface area contributed by atoms with Crippen LogP contribution in [0, 0.1) is 13.8 Å². The molecule has 0 spiro atoms. The highest BCUT2D eigenvalue weighted by Gasteiger charge is 2.31. The van der Waals surface area contributed by atoms with Crippen LogP contribution >= 0.6 is 0 Å². The first-order chi connectivity index (χ1) is 10.5. The molecule has 2 aliphatic rings. The molecule has 0 fully saturated rings. The number of fused-ring (bicyclic) bond motifs is 1. The van der Waals surface area contributed by atoms with Crippen LogP contribution in [0.3, 0.4) is 0 Å². The van der Waals surface area contributed by atoms with Gasteiger partial charge in [0, 0.05) is 5.57 Å². The fourth-order valence-corrected chi connectivity index (χ4v) is 2.58. The standard InChI is InChI=1S/C17H15O5/c1-3-4-10-6-12(15(19)16(20)14(10)18)11-5-9(2)17-13(7-11)21-8-22-17/h3-7,15,18-19H,1,8H2,2H3. The third-order valence-corrected chi connectivity index (χ3v) is 3.65. The monoisotopic (exact) mass is 299 g/mol. The number of rotatable bonds is 2. The number of aliphatic hydroxyl groups is 2. The highest BCUT2D eigenvalue weighted by molar-refractivity contribution is 6.08. The molecule has 2 N–H and O–H groups in total. The Bertz CT molecular complexity index is 740. The van der Waals surface area contributed by atoms with Gasteiger partial charge < -0.3 is 19.7 Å². The molecular weight excluding hydrogens is 284 g/mol. The number of ether oxygens (including phenoxy) is 2. The van der Waals surface area contributed by atoms with Crippen molar-refractivity contribution >= 4 is 11.4 Å². The number of Topliss-reactive ketones (excluding diaryl/α,β-unsaturated/α-hetero) is 1. The predicted molar refractivity (Wildman–Crippen MR) is 80.4 cm³/mol. The lowest BCUT2D eigenvalue weighted by molar-refractivity contribution is -0.123. The van der Waals surface area contributed by atoms with Gasteiger partial charge in [0.25, 0.3) is 0 Å². The Kier molecular flexibility index (Phi) is 3.50. The van der Waals surface area contributed by atoms with Crippen LogP contribution in [-0.4, -0.2) is 28.9 Å². The zero-order valence-electron chi connectivity index (χ0n) is 12.0. The Labute approximate surface area is 127 Å². The fraction of sp³-hybridized carbons (Fsp3) is 0.176. The summed E-state index contributed by atoms with van der Waals surface area (Å²) in [5, 5.41) is 20.0. The van der Waals surface area contributed by atoms with Gasteiger partial charge in [-0.15, -0.1) is 0 Å². The number of carbonyl (C=O) groups excluding carboxylic acids is 1. The van der Waals surface area contributed by atoms with E-state index in [1.807, 2.05) is 13.0 Å². The maximum Gasteiger partial charge on any atom is 0.231 e. The molecule has 1 aliphatic heterocycles. The number of allylic oxidation sites excluding steroid dienone is 4. The minimum Gasteiger partial charge on any atom is -0.504 e. The van der Waals surface area contributed by atoms with E-state index in [4.69, 9.17) is 9.47 Å². The number of ketones is 1. The Hall–Kier alpha value is -2.53. The van der Waals surface area contributed by atoms with E-state index in [2.05, 4.69) is 6.92 Å². The van der Waals surface area contributed by atoms with E-state index < -0.39 is 17.6 Å². The maximum atomic E-state index is 12.0. The lowest BCUT2D eigenvalue weighted by atomic mass is 9.88. The molecule has 3 rings (SSSR count). The first-order valence-electron chi connectivity index (χ1n) is 6.76. The second kappa shape index (κ2) is 5.35. The molecule has 1 aromatic rings. The van der Waals surface area contributed by atoms with Gasteiger partial charge in [-0.2, -0.15) is 0 Å². The third kappa shape index (κ3) is 2.19. The van der Waals surface area contributed by atoms with Crippen LogP contribution in [0.25, 0.3) is 5.57 Å². The molecule has 0 aromatic heterocycles. The molecule has 113 valence electrons. The molecule has 0 saturated heterocycles. The van der Waals surface area contributed by atoms with Crippen LogP contribution in [0.4, 0.5) is 0 Å². The van der Waals surface area contributed by atoms with Gasteiger partial charge in [0.2, 0.25) is 12.6 Å². The average molecular weight is 299 g/mol. The second-order valence-electron chi connectivity index (χ2n) is 5.10. The zero-order chi connectivity index (χ0) is 15.9. The van der Waals surface area contributed by atoms with Crippen molar-refractivity contribution in [2.24, 2.45) is 0 Å². The summed E-state index contributed by atoms with van der Waals surface area (Å²) in [6.45, 7) is 5.56. The van der Waals surface area contributed by atoms with E-state index in [1.165, 1.54) is 12.2 Å². The summed E-state index contributed by atoms with van der Waals surface area (Å²) < 4.78 is 10.7. The van der Waals surface area contributed by atoms with E-state index >= 15 is 0 Å². The maximum absolute atomic E-state index is 12.0. The van der Waals surface area contributed by atoms with Crippen molar-refractivity contribution < 1.29 is 24.5 Å². The van der Waals surface area contributed by atoms with E-state index in [1.54, 1.807) is 12.1 Å². The Morgan fingerprint density at radius 3 is 2.86 bits per heavy atom. The molecule has 0 saturated carbocycles. The smallest absolute Gasteiger partial charge is 0.231 e. The SMILES string of the molecule is [CH2]C=CC1=C(O)C(=O)C(O)C(c2cc(C)c3c(c2)OCO3)=C1. The summed E-state index contributed by atoms with van der Waals surface area (Å²) in [5.41, 5.74) is 2.21. The van der Waals surface area contributed by atoms with Crippen LogP contribution < -0.4 is 9.47 Å². The minimum absolute atomic E-state index is 0.149. The van der Waals surface area contributed by atoms with Gasteiger partial charge in [-0.25, -0.2) is 0 Å². The number of carbonyl (C=O) groups is 1. The highest BCUT2D eigenvalue weighted by Crippen LogP contribution is 2.39. The molecule has 0 amide bonds. The third-order valence-electron chi connectivity index (χ3n) is 3.65. The van der Waals surface area contributed by atoms with E-state index in [9.17, 15) is 15.0 Å². The molecule has 22 heavy (non-hydrogen) atoms. The van der Waals surface area contributed by atoms with Crippen molar-refractivity contribution in [3.8, 4) is 11.5 Å². The summed E-state index contributed by atoms with van der Waals surface area (Å²) in [5.74, 6) is 0.0374. The van der Waals surface area contributed by atoms with Crippen LogP contribution in [0.15, 0.2) is 41.7 Å². The molecule has 1 aromatic carbocycles. The van der Waals surface area contributed by atoms with E-state index in [0.29, 0.717) is 28.2 Å². The van der Waals surface area contributed by atoms with E-state index in [0.717, 1.165) is 5.56 Å². The topological polar surface area (TPSA) is 76.0 Å². The van der Waals surface area contributed by atoms with Gasteiger partial charge in [-0.05, 0) is 48.8 Å². The van der Waals surface area contributed by atoms with Gasteiger partial charge in [0.05, 0.1) is 0 Å². The lowest BCUT2D eigenvalue weighted by Crippen LogP contribution is -2.27. The Balaban J connectivity index is 2.13. The van der Waals surface area contributed by atoms with Gasteiger partial charge in [0.1, 0.15) is 6.10 Å². The highest BCUT2D eigenvalue weighted by atomic mass is 16.7. The number of hydrogen-bond donors (Lipinski definition) is 2. The molecule has 0 bridgehead atoms. The van der Waals surface area contributed by atoms with Crippen molar-refractivity contribution in [2.75, 3.05) is 6.79 Å². The summed E-state index contributed by atoms with van der Waals surface area (Å²) in [4.78, 5) is 12.0. The summed E-state index contributed by atoms with van der Waals surface area (Å²) in [7, 11) is 0. The van der Waals surface area contributed by atoms with Crippen molar-refractivity contribution in [1.82, 2.24) is 0 Å². The molecular formula is C17H15O5. The van der Waals surface area contributed by atoms with Crippen molar-refractivity contribution in [1.29, 1.82) is 0 Å². The van der Waals surface area contributed by atoms with Crippen LogP contribution in [0.2, 0.25) is 0 Å². The number of aryl methyl sites for hydroxylation is 1. The van der Waals surface area contributed by atoms with Gasteiger partial charge >= 0.3 is 0 Å². The number of aliphatic hydroxyl groups excluding tert-OH is 2. The normalized spacial score (nSPS) is 20.8. The second-order valence-corrected chi connectivity index (χ2v) is 5.10. The number of hydrogen-bond acceptors (Lipinski definition) is 5. The van der Waals surface area contributed by atoms with Crippen molar-refractivity contribution in [2.45, 2.75) is 13.0 Å². The molecule has 1 radical (unpaired) electrons. The van der Waals surface area contributed by atoms with E-state index in [-0.39, 0.29) is 6.79 Å². The minimum atomic E-state index is -1.42. The summed E-state index contributed by atoms with van der Waals surface area (Å²) in [6, 6.07) is 3.52. The Morgan fingerprint density at radius 2 is 2.14 bits per heavy atom.